The summed E-state index contributed by atoms with van der Waals surface area (Å²) < 4.78 is 8.59. The smallest absolute Gasteiger partial charge is 0.120 e. The van der Waals surface area contributed by atoms with Crippen LogP contribution in [-0.4, -0.2) is 23.4 Å². The summed E-state index contributed by atoms with van der Waals surface area (Å²) in [5, 5.41) is 4.22. The molecule has 1 heterocycles. The zero-order valence-corrected chi connectivity index (χ0v) is 26.3. The molecule has 1 aromatic heterocycles. The Labute approximate surface area is 262 Å². The van der Waals surface area contributed by atoms with E-state index in [2.05, 4.69) is 145 Å². The molecular formula is C36H40IN3O. The molecule has 0 fully saturated rings. The van der Waals surface area contributed by atoms with E-state index in [1.165, 1.54) is 39.2 Å². The Kier molecular flexibility index (Phi) is 10.8. The van der Waals surface area contributed by atoms with E-state index in [0.29, 0.717) is 6.61 Å². The van der Waals surface area contributed by atoms with Gasteiger partial charge < -0.3 is 14.7 Å². The Hall–Kier alpha value is -3.84. The van der Waals surface area contributed by atoms with Gasteiger partial charge in [0.05, 0.1) is 11.7 Å². The van der Waals surface area contributed by atoms with Crippen LogP contribution in [0.15, 0.2) is 120 Å². The predicted octanol–water partition coefficient (Wildman–Crippen LogP) is 9.79. The van der Waals surface area contributed by atoms with E-state index in [1.54, 1.807) is 0 Å². The van der Waals surface area contributed by atoms with Crippen molar-refractivity contribution in [2.45, 2.75) is 39.8 Å². The van der Waals surface area contributed by atoms with E-state index < -0.39 is 0 Å². The van der Waals surface area contributed by atoms with E-state index in [9.17, 15) is 0 Å². The molecule has 0 radical (unpaired) electrons. The van der Waals surface area contributed by atoms with Gasteiger partial charge in [0.15, 0.2) is 0 Å². The fraction of sp³-hybridized carbons (Fsp3) is 0.194. The number of ether oxygens (including phenoxy) is 1. The van der Waals surface area contributed by atoms with Gasteiger partial charge >= 0.3 is 0 Å². The summed E-state index contributed by atoms with van der Waals surface area (Å²) in [6, 6.07) is 40.9. The predicted molar refractivity (Wildman–Crippen MR) is 186 cm³/mol. The molecule has 0 aliphatic carbocycles. The summed E-state index contributed by atoms with van der Waals surface area (Å²) in [5.74, 6) is 0.848. The molecule has 0 aliphatic rings. The van der Waals surface area contributed by atoms with Crippen molar-refractivity contribution in [1.82, 2.24) is 9.99 Å². The second-order valence-electron chi connectivity index (χ2n) is 9.90. The fourth-order valence-corrected chi connectivity index (χ4v) is 5.09. The molecule has 0 saturated heterocycles. The number of aromatic nitrogens is 1. The Bertz CT molecular complexity index is 1570. The van der Waals surface area contributed by atoms with Crippen LogP contribution in [0.25, 0.3) is 44.8 Å². The molecule has 1 atom stereocenters. The van der Waals surface area contributed by atoms with Gasteiger partial charge in [-0.2, -0.15) is 5.10 Å². The average Bonchev–Trinajstić information content (AvgIpc) is 3.41. The summed E-state index contributed by atoms with van der Waals surface area (Å²) in [5.41, 5.74) is 12.7. The van der Waals surface area contributed by atoms with Crippen LogP contribution in [0.5, 0.6) is 5.75 Å². The highest BCUT2D eigenvalue weighted by molar-refractivity contribution is 14.0. The maximum Gasteiger partial charge on any atom is 0.120 e. The first-order valence-corrected chi connectivity index (χ1v) is 14.1. The number of halogens is 1. The third-order valence-electron chi connectivity index (χ3n) is 6.96. The first-order chi connectivity index (χ1) is 19.7. The van der Waals surface area contributed by atoms with E-state index in [4.69, 9.17) is 4.74 Å². The summed E-state index contributed by atoms with van der Waals surface area (Å²) in [7, 11) is 0. The highest BCUT2D eigenvalue weighted by Crippen LogP contribution is 2.42. The van der Waals surface area contributed by atoms with Gasteiger partial charge in [0.1, 0.15) is 12.4 Å². The van der Waals surface area contributed by atoms with Gasteiger partial charge in [-0.05, 0) is 60.7 Å². The lowest BCUT2D eigenvalue weighted by Gasteiger charge is -2.16. The number of benzene rings is 4. The lowest BCUT2D eigenvalue weighted by molar-refractivity contribution is 0.275. The summed E-state index contributed by atoms with van der Waals surface area (Å²) in [6.45, 7) is 7.75. The molecule has 0 aliphatic heterocycles. The largest absolute Gasteiger partial charge is 0.491 e. The first kappa shape index (κ1) is 30.1. The summed E-state index contributed by atoms with van der Waals surface area (Å²) >= 11 is 0. The van der Waals surface area contributed by atoms with Crippen molar-refractivity contribution in [1.29, 1.82) is 0 Å². The normalized spacial score (nSPS) is 11.7. The molecular weight excluding hydrogens is 617 g/mol. The number of hydrazone groups is 1. The maximum atomic E-state index is 6.15. The van der Waals surface area contributed by atoms with Crippen molar-refractivity contribution in [2.24, 2.45) is 5.10 Å². The minimum Gasteiger partial charge on any atom is -0.491 e. The summed E-state index contributed by atoms with van der Waals surface area (Å²) in [6.07, 6.45) is 2.77. The highest BCUT2D eigenvalue weighted by atomic mass is 127. The van der Waals surface area contributed by atoms with Crippen LogP contribution in [0, 0.1) is 0 Å². The second kappa shape index (κ2) is 14.7. The third kappa shape index (κ3) is 7.09. The van der Waals surface area contributed by atoms with Crippen molar-refractivity contribution in [3.63, 3.8) is 0 Å². The molecule has 5 aromatic rings. The number of hydrogen-bond acceptors (Lipinski definition) is 3. The third-order valence-corrected chi connectivity index (χ3v) is 6.96. The van der Waals surface area contributed by atoms with Crippen molar-refractivity contribution in [2.75, 3.05) is 6.61 Å². The first-order valence-electron chi connectivity index (χ1n) is 14.1. The molecule has 0 bridgehead atoms. The average molecular weight is 658 g/mol. The van der Waals surface area contributed by atoms with Gasteiger partial charge in [0, 0.05) is 31.0 Å². The molecule has 212 valence electrons. The number of rotatable bonds is 11. The van der Waals surface area contributed by atoms with E-state index in [-0.39, 0.29) is 31.4 Å². The van der Waals surface area contributed by atoms with Gasteiger partial charge in [0.2, 0.25) is 0 Å². The Balaban J connectivity index is 0.00000242. The minimum atomic E-state index is 0. The highest BCUT2D eigenvalue weighted by Gasteiger charge is 2.20. The summed E-state index contributed by atoms with van der Waals surface area (Å²) in [4.78, 5) is 0. The molecule has 4 aromatic carbocycles. The number of nitrogens with zero attached hydrogens (tertiary/aromatic N) is 2. The SMILES string of the molecule is CC/C=N\NC(C)COc1cccc(-c2ccccc2-c2cc(-c3ccccc3)c(-c3ccccc3)n2CC)c1.I.[HH]. The second-order valence-corrected chi connectivity index (χ2v) is 9.90. The minimum absolute atomic E-state index is 0. The van der Waals surface area contributed by atoms with E-state index in [0.717, 1.165) is 24.3 Å². The van der Waals surface area contributed by atoms with Gasteiger partial charge in [-0.25, -0.2) is 0 Å². The molecule has 4 nitrogen and oxygen atoms in total. The molecule has 0 amide bonds. The standard InChI is InChI=1S/C36H37N3O.HI.H2/c1-4-23-37-38-27(3)26-40-31-20-14-19-30(24-31)32-21-12-13-22-33(32)35-25-34(28-15-8-6-9-16-28)36(39(35)5-2)29-17-10-7-11-18-29;;/h6-25,27,38H,4-5,26H2,1-3H3;2*1H/b37-23-;;. The zero-order valence-electron chi connectivity index (χ0n) is 24.0. The molecule has 5 heteroatoms. The quantitative estimate of drug-likeness (QED) is 0.0873. The van der Waals surface area contributed by atoms with Gasteiger partial charge in [-0.15, -0.1) is 24.0 Å². The Morgan fingerprint density at radius 3 is 2.07 bits per heavy atom. The molecule has 41 heavy (non-hydrogen) atoms. The maximum absolute atomic E-state index is 6.15. The van der Waals surface area contributed by atoms with Crippen LogP contribution in [0.1, 0.15) is 28.6 Å². The van der Waals surface area contributed by atoms with E-state index >= 15 is 0 Å². The van der Waals surface area contributed by atoms with Crippen LogP contribution in [-0.2, 0) is 6.54 Å². The van der Waals surface area contributed by atoms with Gasteiger partial charge in [-0.3, -0.25) is 0 Å². The van der Waals surface area contributed by atoms with Crippen LogP contribution in [0.3, 0.4) is 0 Å². The molecule has 1 N–H and O–H groups in total. The van der Waals surface area contributed by atoms with Crippen molar-refractivity contribution < 1.29 is 6.16 Å². The Morgan fingerprint density at radius 2 is 1.39 bits per heavy atom. The van der Waals surface area contributed by atoms with Crippen LogP contribution < -0.4 is 10.2 Å². The van der Waals surface area contributed by atoms with Crippen molar-refractivity contribution in [3.05, 3.63) is 115 Å². The lowest BCUT2D eigenvalue weighted by atomic mass is 9.96. The molecule has 0 saturated carbocycles. The lowest BCUT2D eigenvalue weighted by Crippen LogP contribution is -2.27. The molecule has 1 unspecified atom stereocenters. The molecule has 5 rings (SSSR count). The van der Waals surface area contributed by atoms with Gasteiger partial charge in [-0.1, -0.05) is 104 Å². The van der Waals surface area contributed by atoms with Crippen LogP contribution in [0.2, 0.25) is 0 Å². The number of nitrogens with one attached hydrogen (secondary N) is 1. The van der Waals surface area contributed by atoms with Crippen LogP contribution >= 0.6 is 24.0 Å². The monoisotopic (exact) mass is 657 g/mol. The topological polar surface area (TPSA) is 38.6 Å². The Morgan fingerprint density at radius 1 is 0.756 bits per heavy atom. The molecule has 0 spiro atoms. The van der Waals surface area contributed by atoms with Gasteiger partial charge in [0.25, 0.3) is 0 Å². The van der Waals surface area contributed by atoms with E-state index in [1.807, 2.05) is 12.3 Å². The zero-order chi connectivity index (χ0) is 27.7. The van der Waals surface area contributed by atoms with Crippen molar-refractivity contribution >= 4 is 30.2 Å². The van der Waals surface area contributed by atoms with Crippen LogP contribution in [0.4, 0.5) is 0 Å². The number of hydrogen-bond donors (Lipinski definition) is 1. The fourth-order valence-electron chi connectivity index (χ4n) is 5.09. The van der Waals surface area contributed by atoms with Crippen molar-refractivity contribution in [3.8, 4) is 50.5 Å².